The van der Waals surface area contributed by atoms with Crippen LogP contribution in [0, 0.1) is 0 Å². The second-order valence-corrected chi connectivity index (χ2v) is 4.04. The van der Waals surface area contributed by atoms with E-state index in [0.717, 1.165) is 12.8 Å². The molecule has 0 saturated carbocycles. The van der Waals surface area contributed by atoms with E-state index < -0.39 is 12.1 Å². The standard InChI is InChI=1S/C11H18N2O5/c1-2-3-4-13(5-6-14)10(15)9-7-8(11(16)17)12-18-9/h9,14H,2-7H2,1H3,(H,16,17). The Morgan fingerprint density at radius 1 is 1.50 bits per heavy atom. The number of hydrogen-bond acceptors (Lipinski definition) is 5. The van der Waals surface area contributed by atoms with E-state index in [4.69, 9.17) is 15.1 Å². The Labute approximate surface area is 105 Å². The minimum Gasteiger partial charge on any atom is -0.477 e. The molecule has 2 N–H and O–H groups in total. The maximum atomic E-state index is 12.0. The van der Waals surface area contributed by atoms with Crippen LogP contribution >= 0.6 is 0 Å². The Bertz CT molecular complexity index is 342. The van der Waals surface area contributed by atoms with Gasteiger partial charge in [-0.05, 0) is 6.42 Å². The number of aliphatic hydroxyl groups excluding tert-OH is 1. The number of aliphatic hydroxyl groups is 1. The fourth-order valence-electron chi connectivity index (χ4n) is 1.64. The van der Waals surface area contributed by atoms with Gasteiger partial charge in [-0.1, -0.05) is 18.5 Å². The summed E-state index contributed by atoms with van der Waals surface area (Å²) in [6.07, 6.45) is 0.852. The fourth-order valence-corrected chi connectivity index (χ4v) is 1.64. The zero-order chi connectivity index (χ0) is 13.5. The molecule has 0 saturated heterocycles. The SMILES string of the molecule is CCCCN(CCO)C(=O)C1CC(C(=O)O)=NO1. The van der Waals surface area contributed by atoms with Gasteiger partial charge < -0.3 is 20.0 Å². The number of carbonyl (C=O) groups excluding carboxylic acids is 1. The highest BCUT2D eigenvalue weighted by Gasteiger charge is 2.34. The van der Waals surface area contributed by atoms with Gasteiger partial charge >= 0.3 is 5.97 Å². The smallest absolute Gasteiger partial charge is 0.353 e. The van der Waals surface area contributed by atoms with Crippen molar-refractivity contribution >= 4 is 17.6 Å². The molecule has 102 valence electrons. The van der Waals surface area contributed by atoms with Crippen LogP contribution in [0.1, 0.15) is 26.2 Å². The molecule has 0 bridgehead atoms. The normalized spacial score (nSPS) is 18.1. The van der Waals surface area contributed by atoms with Gasteiger partial charge in [0.05, 0.1) is 6.61 Å². The van der Waals surface area contributed by atoms with E-state index in [1.807, 2.05) is 6.92 Å². The lowest BCUT2D eigenvalue weighted by Crippen LogP contribution is -2.41. The van der Waals surface area contributed by atoms with Gasteiger partial charge in [0.25, 0.3) is 5.91 Å². The molecule has 7 heteroatoms. The first-order valence-corrected chi connectivity index (χ1v) is 5.95. The number of carboxylic acids is 1. The first kappa shape index (κ1) is 14.4. The van der Waals surface area contributed by atoms with Gasteiger partial charge in [0.1, 0.15) is 0 Å². The van der Waals surface area contributed by atoms with E-state index in [1.54, 1.807) is 0 Å². The summed E-state index contributed by atoms with van der Waals surface area (Å²) >= 11 is 0. The number of hydrogen-bond donors (Lipinski definition) is 2. The van der Waals surface area contributed by atoms with Crippen molar-refractivity contribution in [2.45, 2.75) is 32.3 Å². The average molecular weight is 258 g/mol. The highest BCUT2D eigenvalue weighted by atomic mass is 16.6. The van der Waals surface area contributed by atoms with Gasteiger partial charge in [-0.25, -0.2) is 4.79 Å². The number of unbranched alkanes of at least 4 members (excludes halogenated alkanes) is 1. The Morgan fingerprint density at radius 2 is 2.22 bits per heavy atom. The lowest BCUT2D eigenvalue weighted by Gasteiger charge is -2.23. The monoisotopic (exact) mass is 258 g/mol. The van der Waals surface area contributed by atoms with Crippen LogP contribution in [0.3, 0.4) is 0 Å². The molecule has 1 atom stereocenters. The number of oxime groups is 1. The van der Waals surface area contributed by atoms with E-state index >= 15 is 0 Å². The average Bonchev–Trinajstić information content (AvgIpc) is 2.83. The van der Waals surface area contributed by atoms with Crippen LogP contribution in [0.5, 0.6) is 0 Å². The molecular weight excluding hydrogens is 240 g/mol. The summed E-state index contributed by atoms with van der Waals surface area (Å²) in [6.45, 7) is 2.62. The number of amides is 1. The van der Waals surface area contributed by atoms with Crippen molar-refractivity contribution in [2.24, 2.45) is 5.16 Å². The topological polar surface area (TPSA) is 99.4 Å². The summed E-state index contributed by atoms with van der Waals surface area (Å²) in [5.74, 6) is -1.50. The third kappa shape index (κ3) is 3.69. The Balaban J connectivity index is 2.54. The van der Waals surface area contributed by atoms with E-state index in [9.17, 15) is 9.59 Å². The molecule has 0 aromatic rings. The number of carboxylic acid groups (broad SMARTS) is 1. The third-order valence-electron chi connectivity index (χ3n) is 2.65. The molecule has 7 nitrogen and oxygen atoms in total. The molecule has 1 rings (SSSR count). The molecule has 0 aromatic heterocycles. The molecule has 1 aliphatic heterocycles. The van der Waals surface area contributed by atoms with Gasteiger partial charge in [0.2, 0.25) is 6.10 Å². The molecule has 1 unspecified atom stereocenters. The van der Waals surface area contributed by atoms with Crippen molar-refractivity contribution in [3.05, 3.63) is 0 Å². The molecule has 0 aromatic carbocycles. The second-order valence-electron chi connectivity index (χ2n) is 4.04. The highest BCUT2D eigenvalue weighted by molar-refractivity contribution is 6.36. The minimum absolute atomic E-state index is 0.0256. The predicted molar refractivity (Wildman–Crippen MR) is 63.1 cm³/mol. The lowest BCUT2D eigenvalue weighted by atomic mass is 10.1. The molecule has 1 aliphatic rings. The Hall–Kier alpha value is -1.63. The summed E-state index contributed by atoms with van der Waals surface area (Å²) < 4.78 is 0. The van der Waals surface area contributed by atoms with Crippen molar-refractivity contribution in [1.82, 2.24) is 4.90 Å². The maximum absolute atomic E-state index is 12.0. The Morgan fingerprint density at radius 3 is 2.72 bits per heavy atom. The minimum atomic E-state index is -1.17. The summed E-state index contributed by atoms with van der Waals surface area (Å²) in [5, 5.41) is 21.0. The number of aliphatic carboxylic acids is 1. The zero-order valence-corrected chi connectivity index (χ0v) is 10.3. The van der Waals surface area contributed by atoms with Crippen LogP contribution in [0.2, 0.25) is 0 Å². The third-order valence-corrected chi connectivity index (χ3v) is 2.65. The molecule has 18 heavy (non-hydrogen) atoms. The van der Waals surface area contributed by atoms with Crippen LogP contribution in [-0.2, 0) is 14.4 Å². The van der Waals surface area contributed by atoms with Gasteiger partial charge in [0, 0.05) is 19.5 Å². The zero-order valence-electron chi connectivity index (χ0n) is 10.3. The summed E-state index contributed by atoms with van der Waals surface area (Å²) in [7, 11) is 0. The number of rotatable bonds is 7. The first-order chi connectivity index (χ1) is 8.60. The van der Waals surface area contributed by atoms with Gasteiger partial charge in [-0.2, -0.15) is 0 Å². The summed E-state index contributed by atoms with van der Waals surface area (Å²) in [4.78, 5) is 29.0. The van der Waals surface area contributed by atoms with Crippen LogP contribution in [0.25, 0.3) is 0 Å². The summed E-state index contributed by atoms with van der Waals surface area (Å²) in [6, 6.07) is 0. The molecule has 0 fully saturated rings. The van der Waals surface area contributed by atoms with E-state index in [-0.39, 0.29) is 31.2 Å². The van der Waals surface area contributed by atoms with Crippen LogP contribution in [0.15, 0.2) is 5.16 Å². The van der Waals surface area contributed by atoms with Crippen molar-refractivity contribution in [3.8, 4) is 0 Å². The fraction of sp³-hybridized carbons (Fsp3) is 0.727. The van der Waals surface area contributed by atoms with E-state index in [0.29, 0.717) is 6.54 Å². The molecule has 0 spiro atoms. The first-order valence-electron chi connectivity index (χ1n) is 5.95. The van der Waals surface area contributed by atoms with Crippen molar-refractivity contribution in [1.29, 1.82) is 0 Å². The summed E-state index contributed by atoms with van der Waals surface area (Å²) in [5.41, 5.74) is -0.146. The van der Waals surface area contributed by atoms with Crippen LogP contribution in [0.4, 0.5) is 0 Å². The predicted octanol–water partition coefficient (Wildman–Crippen LogP) is -0.163. The van der Waals surface area contributed by atoms with E-state index in [2.05, 4.69) is 5.16 Å². The lowest BCUT2D eigenvalue weighted by molar-refractivity contribution is -0.142. The molecular formula is C11H18N2O5. The second kappa shape index (κ2) is 6.95. The van der Waals surface area contributed by atoms with Crippen molar-refractivity contribution in [2.75, 3.05) is 19.7 Å². The van der Waals surface area contributed by atoms with E-state index in [1.165, 1.54) is 4.90 Å². The Kier molecular flexibility index (Phi) is 5.57. The molecule has 1 heterocycles. The van der Waals surface area contributed by atoms with Crippen LogP contribution < -0.4 is 0 Å². The van der Waals surface area contributed by atoms with Gasteiger partial charge in [-0.15, -0.1) is 0 Å². The number of carbonyl (C=O) groups is 2. The molecule has 1 amide bonds. The number of nitrogens with zero attached hydrogens (tertiary/aromatic N) is 2. The van der Waals surface area contributed by atoms with Crippen molar-refractivity contribution in [3.63, 3.8) is 0 Å². The van der Waals surface area contributed by atoms with Gasteiger partial charge in [0.15, 0.2) is 5.71 Å². The highest BCUT2D eigenvalue weighted by Crippen LogP contribution is 2.14. The van der Waals surface area contributed by atoms with Gasteiger partial charge in [-0.3, -0.25) is 4.79 Å². The largest absolute Gasteiger partial charge is 0.477 e. The van der Waals surface area contributed by atoms with Crippen LogP contribution in [-0.4, -0.2) is 58.5 Å². The molecule has 0 radical (unpaired) electrons. The van der Waals surface area contributed by atoms with Crippen molar-refractivity contribution < 1.29 is 24.6 Å². The maximum Gasteiger partial charge on any atom is 0.353 e. The molecule has 0 aliphatic carbocycles. The quantitative estimate of drug-likeness (QED) is 0.661.